The van der Waals surface area contributed by atoms with Gasteiger partial charge in [-0.1, -0.05) is 36.4 Å². The zero-order chi connectivity index (χ0) is 19.5. The van der Waals surface area contributed by atoms with Crippen molar-refractivity contribution in [3.8, 4) is 11.5 Å². The van der Waals surface area contributed by atoms with Crippen molar-refractivity contribution in [1.82, 2.24) is 0 Å². The lowest BCUT2D eigenvalue weighted by molar-refractivity contribution is -0.116. The third kappa shape index (κ3) is 3.33. The number of nitrogens with zero attached hydrogens (tertiary/aromatic N) is 1. The fourth-order valence-corrected chi connectivity index (χ4v) is 3.75. The molecule has 3 aromatic rings. The number of hydrogen-bond acceptors (Lipinski definition) is 3. The van der Waals surface area contributed by atoms with Crippen LogP contribution in [0.4, 0.5) is 11.4 Å². The Balaban J connectivity index is 1.62. The average molecular weight is 372 g/mol. The van der Waals surface area contributed by atoms with Crippen LogP contribution in [0.25, 0.3) is 0 Å². The standard InChI is InChI=1S/C24H24N2O2/c1-3-26(4-2)18-15-13-17(14-16-18)25-24(27)23-19-9-5-7-11-21(19)28-22-12-8-6-10-20(22)23/h5-16,23H,3-4H2,1-2H3,(H,25,27). The van der Waals surface area contributed by atoms with Gasteiger partial charge in [0.1, 0.15) is 11.5 Å². The number of ether oxygens (including phenoxy) is 1. The van der Waals surface area contributed by atoms with Crippen LogP contribution in [0.1, 0.15) is 30.9 Å². The summed E-state index contributed by atoms with van der Waals surface area (Å²) in [5.41, 5.74) is 3.73. The van der Waals surface area contributed by atoms with Crippen LogP contribution in [0.2, 0.25) is 0 Å². The van der Waals surface area contributed by atoms with Crippen LogP contribution in [-0.2, 0) is 4.79 Å². The predicted molar refractivity (Wildman–Crippen MR) is 113 cm³/mol. The van der Waals surface area contributed by atoms with Crippen LogP contribution < -0.4 is 15.0 Å². The number of benzene rings is 3. The molecule has 1 heterocycles. The topological polar surface area (TPSA) is 41.6 Å². The molecule has 0 bridgehead atoms. The number of carbonyl (C=O) groups is 1. The summed E-state index contributed by atoms with van der Waals surface area (Å²) in [5.74, 6) is 1.01. The van der Waals surface area contributed by atoms with Gasteiger partial charge in [-0.15, -0.1) is 0 Å². The second-order valence-electron chi connectivity index (χ2n) is 6.82. The number of nitrogens with one attached hydrogen (secondary N) is 1. The molecule has 1 N–H and O–H groups in total. The Morgan fingerprint density at radius 2 is 1.39 bits per heavy atom. The van der Waals surface area contributed by atoms with Crippen molar-refractivity contribution < 1.29 is 9.53 Å². The molecular formula is C24H24N2O2. The first-order valence-electron chi connectivity index (χ1n) is 9.72. The zero-order valence-electron chi connectivity index (χ0n) is 16.2. The van der Waals surface area contributed by atoms with Crippen LogP contribution in [0, 0.1) is 0 Å². The summed E-state index contributed by atoms with van der Waals surface area (Å²) in [4.78, 5) is 15.5. The maximum absolute atomic E-state index is 13.2. The van der Waals surface area contributed by atoms with Gasteiger partial charge < -0.3 is 15.0 Å². The number of fused-ring (bicyclic) bond motifs is 2. The molecule has 0 fully saturated rings. The molecule has 3 aromatic carbocycles. The highest BCUT2D eigenvalue weighted by atomic mass is 16.5. The highest BCUT2D eigenvalue weighted by Gasteiger charge is 2.32. The van der Waals surface area contributed by atoms with Crippen molar-refractivity contribution in [3.05, 3.63) is 83.9 Å². The van der Waals surface area contributed by atoms with Crippen molar-refractivity contribution in [1.29, 1.82) is 0 Å². The fourth-order valence-electron chi connectivity index (χ4n) is 3.75. The lowest BCUT2D eigenvalue weighted by atomic mass is 9.87. The highest BCUT2D eigenvalue weighted by molar-refractivity contribution is 5.99. The largest absolute Gasteiger partial charge is 0.457 e. The van der Waals surface area contributed by atoms with E-state index in [9.17, 15) is 4.79 Å². The van der Waals surface area contributed by atoms with E-state index < -0.39 is 5.92 Å². The molecule has 0 aromatic heterocycles. The van der Waals surface area contributed by atoms with E-state index in [-0.39, 0.29) is 5.91 Å². The first kappa shape index (κ1) is 18.1. The summed E-state index contributed by atoms with van der Waals surface area (Å²) in [6.07, 6.45) is 0. The van der Waals surface area contributed by atoms with Crippen molar-refractivity contribution >= 4 is 17.3 Å². The summed E-state index contributed by atoms with van der Waals surface area (Å²) >= 11 is 0. The van der Waals surface area contributed by atoms with Crippen LogP contribution in [0.3, 0.4) is 0 Å². The summed E-state index contributed by atoms with van der Waals surface area (Å²) < 4.78 is 5.99. The minimum absolute atomic E-state index is 0.0567. The van der Waals surface area contributed by atoms with Gasteiger partial charge in [-0.05, 0) is 50.2 Å². The fraction of sp³-hybridized carbons (Fsp3) is 0.208. The number of amides is 1. The quantitative estimate of drug-likeness (QED) is 0.651. The van der Waals surface area contributed by atoms with E-state index >= 15 is 0 Å². The lowest BCUT2D eigenvalue weighted by Gasteiger charge is -2.27. The van der Waals surface area contributed by atoms with Gasteiger partial charge in [0.25, 0.3) is 0 Å². The molecule has 4 heteroatoms. The molecule has 4 nitrogen and oxygen atoms in total. The van der Waals surface area contributed by atoms with Crippen LogP contribution >= 0.6 is 0 Å². The van der Waals surface area contributed by atoms with Gasteiger partial charge >= 0.3 is 0 Å². The number of carbonyl (C=O) groups excluding carboxylic acids is 1. The Labute approximate surface area is 165 Å². The smallest absolute Gasteiger partial charge is 0.236 e. The van der Waals surface area contributed by atoms with E-state index in [2.05, 4.69) is 36.2 Å². The zero-order valence-corrected chi connectivity index (χ0v) is 16.2. The maximum Gasteiger partial charge on any atom is 0.236 e. The van der Waals surface area contributed by atoms with Gasteiger partial charge in [0.2, 0.25) is 5.91 Å². The molecule has 0 saturated heterocycles. The van der Waals surface area contributed by atoms with Crippen molar-refractivity contribution in [3.63, 3.8) is 0 Å². The lowest BCUT2D eigenvalue weighted by Crippen LogP contribution is -2.25. The van der Waals surface area contributed by atoms with E-state index in [1.54, 1.807) is 0 Å². The van der Waals surface area contributed by atoms with Gasteiger partial charge in [-0.25, -0.2) is 0 Å². The highest BCUT2D eigenvalue weighted by Crippen LogP contribution is 2.44. The molecule has 28 heavy (non-hydrogen) atoms. The third-order valence-corrected chi connectivity index (χ3v) is 5.21. The van der Waals surface area contributed by atoms with Crippen molar-refractivity contribution in [2.45, 2.75) is 19.8 Å². The van der Waals surface area contributed by atoms with Gasteiger partial charge in [-0.2, -0.15) is 0 Å². The Morgan fingerprint density at radius 3 is 1.93 bits per heavy atom. The van der Waals surface area contributed by atoms with Crippen LogP contribution in [0.15, 0.2) is 72.8 Å². The van der Waals surface area contributed by atoms with E-state index in [4.69, 9.17) is 4.74 Å². The van der Waals surface area contributed by atoms with Gasteiger partial charge in [0, 0.05) is 35.6 Å². The number of anilines is 2. The SMILES string of the molecule is CCN(CC)c1ccc(NC(=O)C2c3ccccc3Oc3ccccc32)cc1. The predicted octanol–water partition coefficient (Wildman–Crippen LogP) is 5.41. The Morgan fingerprint density at radius 1 is 0.857 bits per heavy atom. The normalized spacial score (nSPS) is 12.5. The molecule has 1 amide bonds. The average Bonchev–Trinajstić information content (AvgIpc) is 2.74. The molecule has 1 aliphatic rings. The van der Waals surface area contributed by atoms with Crippen molar-refractivity contribution in [2.24, 2.45) is 0 Å². The van der Waals surface area contributed by atoms with Crippen LogP contribution in [-0.4, -0.2) is 19.0 Å². The van der Waals surface area contributed by atoms with Gasteiger partial charge in [0.15, 0.2) is 0 Å². The molecule has 1 aliphatic heterocycles. The van der Waals surface area contributed by atoms with E-state index in [1.807, 2.05) is 60.7 Å². The minimum Gasteiger partial charge on any atom is -0.457 e. The molecule has 0 aliphatic carbocycles. The maximum atomic E-state index is 13.2. The summed E-state index contributed by atoms with van der Waals surface area (Å²) in [5, 5.41) is 3.08. The summed E-state index contributed by atoms with van der Waals surface area (Å²) in [6, 6.07) is 23.5. The molecule has 0 unspecified atom stereocenters. The number of rotatable bonds is 5. The molecule has 0 atom stereocenters. The first-order chi connectivity index (χ1) is 13.7. The minimum atomic E-state index is -0.399. The molecular weight excluding hydrogens is 348 g/mol. The van der Waals surface area contributed by atoms with Gasteiger partial charge in [0.05, 0.1) is 5.92 Å². The van der Waals surface area contributed by atoms with E-state index in [0.717, 1.165) is 47.1 Å². The van der Waals surface area contributed by atoms with Crippen molar-refractivity contribution in [2.75, 3.05) is 23.3 Å². The van der Waals surface area contributed by atoms with E-state index in [1.165, 1.54) is 0 Å². The monoisotopic (exact) mass is 372 g/mol. The number of para-hydroxylation sites is 2. The molecule has 0 spiro atoms. The second-order valence-corrected chi connectivity index (χ2v) is 6.82. The number of hydrogen-bond donors (Lipinski definition) is 1. The summed E-state index contributed by atoms with van der Waals surface area (Å²) in [7, 11) is 0. The van der Waals surface area contributed by atoms with Gasteiger partial charge in [-0.3, -0.25) is 4.79 Å². The Hall–Kier alpha value is -3.27. The molecule has 4 rings (SSSR count). The van der Waals surface area contributed by atoms with E-state index in [0.29, 0.717) is 0 Å². The molecule has 142 valence electrons. The Bertz CT molecular complexity index is 932. The third-order valence-electron chi connectivity index (χ3n) is 5.21. The van der Waals surface area contributed by atoms with Crippen LogP contribution in [0.5, 0.6) is 11.5 Å². The molecule has 0 saturated carbocycles. The molecule has 0 radical (unpaired) electrons. The first-order valence-corrected chi connectivity index (χ1v) is 9.72. The second kappa shape index (κ2) is 7.77. The summed E-state index contributed by atoms with van der Waals surface area (Å²) in [6.45, 7) is 6.19. The Kier molecular flexibility index (Phi) is 5.02.